The number of pyridine rings is 1. The number of halogens is 1. The number of para-hydroxylation sites is 1. The minimum Gasteiger partial charge on any atom is -0.320 e. The van der Waals surface area contributed by atoms with Gasteiger partial charge in [-0.25, -0.2) is 0 Å². The van der Waals surface area contributed by atoms with E-state index in [1.165, 1.54) is 0 Å². The van der Waals surface area contributed by atoms with Crippen LogP contribution in [0.1, 0.15) is 10.4 Å². The lowest BCUT2D eigenvalue weighted by Crippen LogP contribution is -2.13. The summed E-state index contributed by atoms with van der Waals surface area (Å²) in [5.74, 6) is -0.172. The minimum atomic E-state index is -0.172. The molecule has 3 nitrogen and oxygen atoms in total. The van der Waals surface area contributed by atoms with E-state index in [1.807, 2.05) is 78.9 Å². The number of hydrogen-bond acceptors (Lipinski definition) is 2. The predicted octanol–water partition coefficient (Wildman–Crippen LogP) is 5.81. The summed E-state index contributed by atoms with van der Waals surface area (Å²) in [6.45, 7) is 0. The fourth-order valence-electron chi connectivity index (χ4n) is 2.96. The molecule has 0 unspecified atom stereocenters. The molecule has 26 heavy (non-hydrogen) atoms. The number of carbonyl (C=O) groups is 1. The average Bonchev–Trinajstić information content (AvgIpc) is 2.69. The number of nitrogens with zero attached hydrogens (tertiary/aromatic N) is 1. The summed E-state index contributed by atoms with van der Waals surface area (Å²) in [6.07, 6.45) is 1.72. The molecule has 0 spiro atoms. The van der Waals surface area contributed by atoms with Gasteiger partial charge in [-0.1, -0.05) is 60.1 Å². The molecule has 0 fully saturated rings. The number of aromatic nitrogens is 1. The summed E-state index contributed by atoms with van der Waals surface area (Å²) in [5, 5.41) is 4.64. The number of nitrogens with one attached hydrogen (secondary N) is 1. The molecule has 4 heteroatoms. The van der Waals surface area contributed by atoms with Gasteiger partial charge in [0.15, 0.2) is 0 Å². The molecule has 0 aliphatic rings. The standard InChI is InChI=1S/C22H15ClN2O/c23-17-12-10-15(11-13-17)18-7-1-2-8-19(18)22(26)25-20-9-3-5-16-6-4-14-24-21(16)20/h1-14H,(H,25,26). The first-order valence-electron chi connectivity index (χ1n) is 8.22. The third-order valence-electron chi connectivity index (χ3n) is 4.21. The molecule has 0 aliphatic carbocycles. The zero-order chi connectivity index (χ0) is 17.9. The quantitative estimate of drug-likeness (QED) is 0.502. The summed E-state index contributed by atoms with van der Waals surface area (Å²) in [6, 6.07) is 24.6. The molecule has 0 radical (unpaired) electrons. The Morgan fingerprint density at radius 1 is 0.846 bits per heavy atom. The van der Waals surface area contributed by atoms with Crippen LogP contribution in [0.25, 0.3) is 22.0 Å². The molecule has 4 rings (SSSR count). The van der Waals surface area contributed by atoms with Crippen molar-refractivity contribution in [1.82, 2.24) is 4.98 Å². The zero-order valence-electron chi connectivity index (χ0n) is 13.8. The molecule has 1 N–H and O–H groups in total. The van der Waals surface area contributed by atoms with E-state index in [0.717, 1.165) is 22.0 Å². The van der Waals surface area contributed by atoms with Gasteiger partial charge < -0.3 is 5.32 Å². The van der Waals surface area contributed by atoms with Gasteiger partial charge in [0.2, 0.25) is 0 Å². The van der Waals surface area contributed by atoms with Crippen LogP contribution >= 0.6 is 11.6 Å². The van der Waals surface area contributed by atoms with Crippen LogP contribution in [0.15, 0.2) is 85.1 Å². The first-order valence-corrected chi connectivity index (χ1v) is 8.60. The van der Waals surface area contributed by atoms with Crippen molar-refractivity contribution in [2.24, 2.45) is 0 Å². The lowest BCUT2D eigenvalue weighted by Gasteiger charge is -2.12. The highest BCUT2D eigenvalue weighted by atomic mass is 35.5. The van der Waals surface area contributed by atoms with Gasteiger partial charge in [0.25, 0.3) is 5.91 Å². The Morgan fingerprint density at radius 3 is 2.46 bits per heavy atom. The van der Waals surface area contributed by atoms with Gasteiger partial charge >= 0.3 is 0 Å². The van der Waals surface area contributed by atoms with E-state index in [4.69, 9.17) is 11.6 Å². The number of carbonyl (C=O) groups excluding carboxylic acids is 1. The van der Waals surface area contributed by atoms with Crippen molar-refractivity contribution in [3.05, 3.63) is 95.6 Å². The average molecular weight is 359 g/mol. The van der Waals surface area contributed by atoms with Gasteiger partial charge in [0.1, 0.15) is 0 Å². The van der Waals surface area contributed by atoms with Crippen LogP contribution in [0.4, 0.5) is 5.69 Å². The van der Waals surface area contributed by atoms with Gasteiger partial charge in [0.05, 0.1) is 11.2 Å². The topological polar surface area (TPSA) is 42.0 Å². The molecule has 0 bridgehead atoms. The van der Waals surface area contributed by atoms with E-state index < -0.39 is 0 Å². The third kappa shape index (κ3) is 3.17. The monoisotopic (exact) mass is 358 g/mol. The second kappa shape index (κ2) is 6.98. The van der Waals surface area contributed by atoms with E-state index in [9.17, 15) is 4.79 Å². The van der Waals surface area contributed by atoms with E-state index in [-0.39, 0.29) is 5.91 Å². The Bertz CT molecular complexity index is 1090. The smallest absolute Gasteiger partial charge is 0.256 e. The van der Waals surface area contributed by atoms with Crippen molar-refractivity contribution >= 4 is 34.1 Å². The Kier molecular flexibility index (Phi) is 4.38. The highest BCUT2D eigenvalue weighted by Crippen LogP contribution is 2.27. The first-order chi connectivity index (χ1) is 12.7. The molecule has 126 valence electrons. The van der Waals surface area contributed by atoms with Gasteiger partial charge in [-0.3, -0.25) is 9.78 Å². The molecule has 1 aromatic heterocycles. The number of fused-ring (bicyclic) bond motifs is 1. The summed E-state index contributed by atoms with van der Waals surface area (Å²) >= 11 is 5.98. The van der Waals surface area contributed by atoms with Crippen LogP contribution in [-0.2, 0) is 0 Å². The second-order valence-electron chi connectivity index (χ2n) is 5.89. The molecule has 0 atom stereocenters. The SMILES string of the molecule is O=C(Nc1cccc2cccnc12)c1ccccc1-c1ccc(Cl)cc1. The maximum absolute atomic E-state index is 13.0. The van der Waals surface area contributed by atoms with Crippen molar-refractivity contribution in [2.75, 3.05) is 5.32 Å². The fourth-order valence-corrected chi connectivity index (χ4v) is 3.08. The predicted molar refractivity (Wildman–Crippen MR) is 107 cm³/mol. The summed E-state index contributed by atoms with van der Waals surface area (Å²) in [7, 11) is 0. The molecule has 0 aliphatic heterocycles. The highest BCUT2D eigenvalue weighted by Gasteiger charge is 2.14. The van der Waals surface area contributed by atoms with E-state index in [1.54, 1.807) is 6.20 Å². The number of rotatable bonds is 3. The maximum Gasteiger partial charge on any atom is 0.256 e. The number of amides is 1. The molecular formula is C22H15ClN2O. The molecule has 0 saturated heterocycles. The van der Waals surface area contributed by atoms with E-state index in [2.05, 4.69) is 10.3 Å². The number of hydrogen-bond donors (Lipinski definition) is 1. The van der Waals surface area contributed by atoms with E-state index in [0.29, 0.717) is 16.3 Å². The molecule has 1 heterocycles. The minimum absolute atomic E-state index is 0.172. The Morgan fingerprint density at radius 2 is 1.62 bits per heavy atom. The largest absolute Gasteiger partial charge is 0.320 e. The Balaban J connectivity index is 1.72. The first kappa shape index (κ1) is 16.3. The number of benzene rings is 3. The van der Waals surface area contributed by atoms with Crippen LogP contribution in [0, 0.1) is 0 Å². The Labute approximate surface area is 156 Å². The Hall–Kier alpha value is -3.17. The van der Waals surface area contributed by atoms with Gasteiger partial charge in [0, 0.05) is 22.2 Å². The van der Waals surface area contributed by atoms with Crippen molar-refractivity contribution in [3.8, 4) is 11.1 Å². The lowest BCUT2D eigenvalue weighted by molar-refractivity contribution is 0.102. The van der Waals surface area contributed by atoms with Crippen molar-refractivity contribution < 1.29 is 4.79 Å². The van der Waals surface area contributed by atoms with Crippen molar-refractivity contribution in [2.45, 2.75) is 0 Å². The van der Waals surface area contributed by atoms with Gasteiger partial charge in [-0.2, -0.15) is 0 Å². The molecule has 1 amide bonds. The maximum atomic E-state index is 13.0. The summed E-state index contributed by atoms with van der Waals surface area (Å²) in [4.78, 5) is 17.3. The molecular weight excluding hydrogens is 344 g/mol. The van der Waals surface area contributed by atoms with Gasteiger partial charge in [-0.05, 0) is 41.5 Å². The molecule has 4 aromatic rings. The molecule has 3 aromatic carbocycles. The second-order valence-corrected chi connectivity index (χ2v) is 6.32. The zero-order valence-corrected chi connectivity index (χ0v) is 14.6. The van der Waals surface area contributed by atoms with Gasteiger partial charge in [-0.15, -0.1) is 0 Å². The molecule has 0 saturated carbocycles. The van der Waals surface area contributed by atoms with Crippen molar-refractivity contribution in [3.63, 3.8) is 0 Å². The fraction of sp³-hybridized carbons (Fsp3) is 0. The van der Waals surface area contributed by atoms with Crippen LogP contribution in [0.3, 0.4) is 0 Å². The van der Waals surface area contributed by atoms with Crippen LogP contribution < -0.4 is 5.32 Å². The van der Waals surface area contributed by atoms with Crippen LogP contribution in [0.2, 0.25) is 5.02 Å². The normalized spacial score (nSPS) is 10.7. The summed E-state index contributed by atoms with van der Waals surface area (Å²) < 4.78 is 0. The van der Waals surface area contributed by atoms with E-state index >= 15 is 0 Å². The van der Waals surface area contributed by atoms with Crippen LogP contribution in [0.5, 0.6) is 0 Å². The lowest BCUT2D eigenvalue weighted by atomic mass is 9.99. The third-order valence-corrected chi connectivity index (χ3v) is 4.46. The summed E-state index contributed by atoms with van der Waals surface area (Å²) in [5.41, 5.74) is 3.86. The van der Waals surface area contributed by atoms with Crippen molar-refractivity contribution in [1.29, 1.82) is 0 Å². The number of anilines is 1. The highest BCUT2D eigenvalue weighted by molar-refractivity contribution is 6.30. The van der Waals surface area contributed by atoms with Crippen LogP contribution in [-0.4, -0.2) is 10.9 Å².